The van der Waals surface area contributed by atoms with Crippen molar-refractivity contribution in [2.45, 2.75) is 0 Å². The molecule has 18 heavy (non-hydrogen) atoms. The SMILES string of the molecule is [B]c1cn2c(=O)cc(N3CCN(C)CC3)nc2s1. The van der Waals surface area contributed by atoms with Crippen molar-refractivity contribution < 1.29 is 0 Å². The van der Waals surface area contributed by atoms with Crippen LogP contribution < -0.4 is 15.2 Å². The molecule has 0 N–H and O–H groups in total. The predicted octanol–water partition coefficient (Wildman–Crippen LogP) is -0.698. The molecular weight excluding hydrogens is 247 g/mol. The highest BCUT2D eigenvalue weighted by Gasteiger charge is 2.16. The molecule has 3 heterocycles. The summed E-state index contributed by atoms with van der Waals surface area (Å²) in [6.07, 6.45) is 1.63. The predicted molar refractivity (Wildman–Crippen MR) is 74.4 cm³/mol. The molecule has 2 aromatic heterocycles. The van der Waals surface area contributed by atoms with Gasteiger partial charge in [0.25, 0.3) is 5.56 Å². The van der Waals surface area contributed by atoms with Crippen molar-refractivity contribution >= 4 is 34.7 Å². The van der Waals surface area contributed by atoms with Gasteiger partial charge in [0.2, 0.25) is 0 Å². The molecule has 2 aromatic rings. The van der Waals surface area contributed by atoms with Crippen LogP contribution in [0.4, 0.5) is 5.82 Å². The summed E-state index contributed by atoms with van der Waals surface area (Å²) in [6, 6.07) is 1.59. The van der Waals surface area contributed by atoms with Crippen LogP contribution in [0.2, 0.25) is 0 Å². The Labute approximate surface area is 110 Å². The van der Waals surface area contributed by atoms with Gasteiger partial charge in [0.05, 0.1) is 0 Å². The van der Waals surface area contributed by atoms with Gasteiger partial charge in [-0.05, 0) is 11.8 Å². The zero-order valence-electron chi connectivity index (χ0n) is 10.2. The van der Waals surface area contributed by atoms with Crippen LogP contribution in [0.25, 0.3) is 4.96 Å². The van der Waals surface area contributed by atoms with E-state index in [1.54, 1.807) is 12.3 Å². The minimum Gasteiger partial charge on any atom is -0.354 e. The number of anilines is 1. The minimum absolute atomic E-state index is 0.0677. The second-order valence-electron chi connectivity index (χ2n) is 4.53. The molecule has 0 unspecified atom stereocenters. The summed E-state index contributed by atoms with van der Waals surface area (Å²) in [5.41, 5.74) is -0.0677. The fraction of sp³-hybridized carbons (Fsp3) is 0.455. The molecule has 1 aliphatic rings. The van der Waals surface area contributed by atoms with E-state index in [1.165, 1.54) is 15.7 Å². The van der Waals surface area contributed by atoms with Crippen molar-refractivity contribution in [2.75, 3.05) is 38.1 Å². The maximum atomic E-state index is 12.0. The zero-order chi connectivity index (χ0) is 12.7. The molecule has 0 aromatic carbocycles. The van der Waals surface area contributed by atoms with E-state index >= 15 is 0 Å². The molecule has 0 saturated carbocycles. The molecule has 1 aliphatic heterocycles. The van der Waals surface area contributed by atoms with Gasteiger partial charge < -0.3 is 9.80 Å². The summed E-state index contributed by atoms with van der Waals surface area (Å²) in [6.45, 7) is 3.79. The number of rotatable bonds is 1. The highest BCUT2D eigenvalue weighted by Crippen LogP contribution is 2.13. The zero-order valence-corrected chi connectivity index (χ0v) is 11.0. The van der Waals surface area contributed by atoms with E-state index in [4.69, 9.17) is 7.85 Å². The maximum absolute atomic E-state index is 12.0. The highest BCUT2D eigenvalue weighted by atomic mass is 32.1. The van der Waals surface area contributed by atoms with Crippen molar-refractivity contribution in [3.63, 3.8) is 0 Å². The Morgan fingerprint density at radius 2 is 2.06 bits per heavy atom. The van der Waals surface area contributed by atoms with Crippen molar-refractivity contribution in [2.24, 2.45) is 0 Å². The van der Waals surface area contributed by atoms with Gasteiger partial charge >= 0.3 is 0 Å². The van der Waals surface area contributed by atoms with Crippen LogP contribution >= 0.6 is 11.3 Å². The standard InChI is InChI=1S/C11H13BN4OS/c1-14-2-4-15(5-3-14)9-6-10(17)16-7-8(12)18-11(16)13-9/h6-7H,2-5H2,1H3. The number of aromatic nitrogens is 2. The Hall–Kier alpha value is -1.34. The molecule has 0 aliphatic carbocycles. The fourth-order valence-corrected chi connectivity index (χ4v) is 2.85. The quantitative estimate of drug-likeness (QED) is 0.636. The van der Waals surface area contributed by atoms with Crippen molar-refractivity contribution in [3.05, 3.63) is 22.6 Å². The summed E-state index contributed by atoms with van der Waals surface area (Å²) in [4.78, 5) is 21.6. The number of hydrogen-bond acceptors (Lipinski definition) is 5. The first-order chi connectivity index (χ1) is 8.63. The number of likely N-dealkylation sites (N-methyl/N-ethyl adjacent to an activating group) is 1. The lowest BCUT2D eigenvalue weighted by Gasteiger charge is -2.32. The summed E-state index contributed by atoms with van der Waals surface area (Å²) >= 11 is 1.34. The third kappa shape index (κ3) is 2.04. The molecule has 0 atom stereocenters. The minimum atomic E-state index is -0.0677. The van der Waals surface area contributed by atoms with E-state index in [0.29, 0.717) is 9.74 Å². The van der Waals surface area contributed by atoms with Crippen molar-refractivity contribution in [1.29, 1.82) is 0 Å². The Balaban J connectivity index is 2.00. The maximum Gasteiger partial charge on any atom is 0.260 e. The molecule has 0 bridgehead atoms. The molecule has 3 rings (SSSR count). The second-order valence-corrected chi connectivity index (χ2v) is 5.57. The monoisotopic (exact) mass is 260 g/mol. The smallest absolute Gasteiger partial charge is 0.260 e. The fourth-order valence-electron chi connectivity index (χ4n) is 2.11. The lowest BCUT2D eigenvalue weighted by Crippen LogP contribution is -2.45. The average Bonchev–Trinajstić information content (AvgIpc) is 2.71. The first-order valence-corrected chi connectivity index (χ1v) is 6.67. The lowest BCUT2D eigenvalue weighted by molar-refractivity contribution is 0.312. The molecule has 1 fully saturated rings. The topological polar surface area (TPSA) is 40.9 Å². The molecule has 7 heteroatoms. The first-order valence-electron chi connectivity index (χ1n) is 5.86. The number of piperazine rings is 1. The van der Waals surface area contributed by atoms with Crippen molar-refractivity contribution in [3.8, 4) is 0 Å². The van der Waals surface area contributed by atoms with Gasteiger partial charge in [0.15, 0.2) is 4.96 Å². The van der Waals surface area contributed by atoms with E-state index in [0.717, 1.165) is 32.0 Å². The van der Waals surface area contributed by atoms with Gasteiger partial charge in [-0.3, -0.25) is 9.20 Å². The van der Waals surface area contributed by atoms with E-state index in [9.17, 15) is 4.79 Å². The lowest BCUT2D eigenvalue weighted by atomic mass is 10.1. The molecular formula is C11H13BN4OS. The Morgan fingerprint density at radius 3 is 2.78 bits per heavy atom. The second kappa shape index (κ2) is 4.40. The molecule has 1 saturated heterocycles. The van der Waals surface area contributed by atoms with Crippen LogP contribution in [0.5, 0.6) is 0 Å². The molecule has 0 amide bonds. The molecule has 0 spiro atoms. The third-order valence-corrected chi connectivity index (χ3v) is 4.01. The molecule has 2 radical (unpaired) electrons. The summed E-state index contributed by atoms with van der Waals surface area (Å²) < 4.78 is 2.11. The normalized spacial score (nSPS) is 17.5. The Morgan fingerprint density at radius 1 is 1.33 bits per heavy atom. The van der Waals surface area contributed by atoms with E-state index in [2.05, 4.69) is 21.8 Å². The molecule has 92 valence electrons. The number of nitrogens with zero attached hydrogens (tertiary/aromatic N) is 4. The number of hydrogen-bond donors (Lipinski definition) is 0. The van der Waals surface area contributed by atoms with Crippen LogP contribution in [-0.2, 0) is 0 Å². The van der Waals surface area contributed by atoms with E-state index in [1.807, 2.05) is 0 Å². The van der Waals surface area contributed by atoms with Gasteiger partial charge in [0, 0.05) is 38.4 Å². The van der Waals surface area contributed by atoms with Gasteiger partial charge in [-0.2, -0.15) is 0 Å². The largest absolute Gasteiger partial charge is 0.354 e. The van der Waals surface area contributed by atoms with Gasteiger partial charge in [-0.25, -0.2) is 4.98 Å². The number of thiazole rings is 1. The molecule has 5 nitrogen and oxygen atoms in total. The van der Waals surface area contributed by atoms with Crippen LogP contribution in [0.15, 0.2) is 17.1 Å². The Kier molecular flexibility index (Phi) is 2.87. The highest BCUT2D eigenvalue weighted by molar-refractivity contribution is 7.24. The van der Waals surface area contributed by atoms with Crippen LogP contribution in [-0.4, -0.2) is 55.4 Å². The van der Waals surface area contributed by atoms with Gasteiger partial charge in [-0.1, -0.05) is 0 Å². The van der Waals surface area contributed by atoms with Crippen molar-refractivity contribution in [1.82, 2.24) is 14.3 Å². The summed E-state index contributed by atoms with van der Waals surface area (Å²) in [7, 11) is 7.80. The number of fused-ring (bicyclic) bond motifs is 1. The van der Waals surface area contributed by atoms with Gasteiger partial charge in [0.1, 0.15) is 13.7 Å². The summed E-state index contributed by atoms with van der Waals surface area (Å²) in [5.74, 6) is 0.759. The average molecular weight is 260 g/mol. The van der Waals surface area contributed by atoms with E-state index < -0.39 is 0 Å². The van der Waals surface area contributed by atoms with Crippen LogP contribution in [0, 0.1) is 0 Å². The first kappa shape index (κ1) is 11.7. The van der Waals surface area contributed by atoms with E-state index in [-0.39, 0.29) is 5.56 Å². The Bertz CT molecular complexity index is 629. The van der Waals surface area contributed by atoms with Crippen LogP contribution in [0.1, 0.15) is 0 Å². The third-order valence-electron chi connectivity index (χ3n) is 3.20. The van der Waals surface area contributed by atoms with Crippen LogP contribution in [0.3, 0.4) is 0 Å². The summed E-state index contributed by atoms with van der Waals surface area (Å²) in [5, 5.41) is 0. The van der Waals surface area contributed by atoms with Gasteiger partial charge in [-0.15, -0.1) is 11.3 Å².